The molecule has 2 saturated heterocycles. The maximum Gasteiger partial charge on any atom is 0.223 e. The van der Waals surface area contributed by atoms with Crippen molar-refractivity contribution in [2.45, 2.75) is 37.8 Å². The normalized spacial score (nSPS) is 21.8. The Morgan fingerprint density at radius 1 is 1.07 bits per heavy atom. The van der Waals surface area contributed by atoms with Gasteiger partial charge in [0, 0.05) is 37.8 Å². The molecule has 0 unspecified atom stereocenters. The van der Waals surface area contributed by atoms with Gasteiger partial charge in [0.2, 0.25) is 5.91 Å². The number of H-pyrrole nitrogens is 1. The maximum absolute atomic E-state index is 12.9. The van der Waals surface area contributed by atoms with Crippen LogP contribution < -0.4 is 4.90 Å². The third-order valence-corrected chi connectivity index (χ3v) is 5.87. The maximum atomic E-state index is 12.9. The molecule has 1 N–H and O–H groups in total. The van der Waals surface area contributed by atoms with E-state index in [9.17, 15) is 4.79 Å². The smallest absolute Gasteiger partial charge is 0.223 e. The predicted molar refractivity (Wildman–Crippen MR) is 105 cm³/mol. The van der Waals surface area contributed by atoms with Gasteiger partial charge in [-0.3, -0.25) is 4.79 Å². The number of rotatable bonds is 4. The molecule has 2 aliphatic heterocycles. The second kappa shape index (κ2) is 6.68. The number of nitrogens with zero attached hydrogens (tertiary/aromatic N) is 4. The average molecular weight is 361 g/mol. The highest BCUT2D eigenvalue weighted by Gasteiger charge is 2.42. The highest BCUT2D eigenvalue weighted by atomic mass is 16.2. The number of nitrogens with one attached hydrogen (secondary N) is 1. The van der Waals surface area contributed by atoms with Crippen molar-refractivity contribution in [2.75, 3.05) is 18.0 Å². The summed E-state index contributed by atoms with van der Waals surface area (Å²) in [7, 11) is 0. The number of hydrogen-bond acceptors (Lipinski definition) is 4. The Morgan fingerprint density at radius 2 is 1.85 bits per heavy atom. The van der Waals surface area contributed by atoms with E-state index in [4.69, 9.17) is 0 Å². The molecule has 0 radical (unpaired) electrons. The number of carbonyl (C=O) groups is 1. The lowest BCUT2D eigenvalue weighted by Gasteiger charge is -2.41. The fraction of sp³-hybridized carbons (Fsp3) is 0.381. The summed E-state index contributed by atoms with van der Waals surface area (Å²) in [5.74, 6) is 1.27. The molecule has 5 rings (SSSR count). The second-order valence-electron chi connectivity index (χ2n) is 7.51. The van der Waals surface area contributed by atoms with E-state index in [0.717, 1.165) is 49.2 Å². The minimum Gasteiger partial charge on any atom is -0.352 e. The van der Waals surface area contributed by atoms with Crippen LogP contribution in [0.25, 0.3) is 11.0 Å². The first-order chi connectivity index (χ1) is 13.3. The number of benzene rings is 1. The molecule has 1 amide bonds. The third kappa shape index (κ3) is 2.95. The molecule has 0 spiro atoms. The summed E-state index contributed by atoms with van der Waals surface area (Å²) in [6, 6.07) is 12.9. The van der Waals surface area contributed by atoms with Crippen LogP contribution in [0.4, 0.5) is 5.82 Å². The number of carbonyl (C=O) groups excluding carboxylic acids is 1. The molecule has 27 heavy (non-hydrogen) atoms. The Morgan fingerprint density at radius 3 is 2.63 bits per heavy atom. The monoisotopic (exact) mass is 361 g/mol. The van der Waals surface area contributed by atoms with Crippen molar-refractivity contribution in [2.24, 2.45) is 0 Å². The quantitative estimate of drug-likeness (QED) is 0.776. The van der Waals surface area contributed by atoms with Crippen LogP contribution in [0.3, 0.4) is 0 Å². The fourth-order valence-electron chi connectivity index (χ4n) is 4.62. The van der Waals surface area contributed by atoms with E-state index in [1.54, 1.807) is 6.33 Å². The molecular formula is C21H23N5O. The van der Waals surface area contributed by atoms with E-state index in [0.29, 0.717) is 12.3 Å². The molecule has 2 fully saturated rings. The molecule has 6 nitrogen and oxygen atoms in total. The van der Waals surface area contributed by atoms with Crippen molar-refractivity contribution in [1.82, 2.24) is 19.9 Å². The van der Waals surface area contributed by atoms with Gasteiger partial charge in [0.25, 0.3) is 0 Å². The van der Waals surface area contributed by atoms with Gasteiger partial charge in [-0.05, 0) is 30.9 Å². The second-order valence-corrected chi connectivity index (χ2v) is 7.51. The lowest BCUT2D eigenvalue weighted by atomic mass is 10.1. The minimum absolute atomic E-state index is 0.288. The zero-order valence-electron chi connectivity index (χ0n) is 15.2. The first-order valence-corrected chi connectivity index (χ1v) is 9.68. The summed E-state index contributed by atoms with van der Waals surface area (Å²) < 4.78 is 0. The Kier molecular flexibility index (Phi) is 4.03. The zero-order chi connectivity index (χ0) is 18.2. The van der Waals surface area contributed by atoms with Crippen LogP contribution in [-0.2, 0) is 11.2 Å². The molecule has 2 aliphatic rings. The summed E-state index contributed by atoms with van der Waals surface area (Å²) in [4.78, 5) is 29.4. The average Bonchev–Trinajstić information content (AvgIpc) is 3.29. The van der Waals surface area contributed by atoms with Crippen LogP contribution in [0.15, 0.2) is 48.9 Å². The zero-order valence-corrected chi connectivity index (χ0v) is 15.2. The largest absolute Gasteiger partial charge is 0.352 e. The SMILES string of the molecule is O=C(CCc1ccccc1)N1[C@@H]2CC[C@@H]1CN(c1ncnc3[nH]ccc13)C2. The number of hydrogen-bond donors (Lipinski definition) is 1. The van der Waals surface area contributed by atoms with E-state index in [-0.39, 0.29) is 12.1 Å². The van der Waals surface area contributed by atoms with Gasteiger partial charge in [-0.1, -0.05) is 30.3 Å². The topological polar surface area (TPSA) is 65.1 Å². The molecule has 1 aromatic carbocycles. The van der Waals surface area contributed by atoms with Gasteiger partial charge in [0.05, 0.1) is 5.39 Å². The van der Waals surface area contributed by atoms with Gasteiger partial charge in [0.1, 0.15) is 17.8 Å². The van der Waals surface area contributed by atoms with Gasteiger partial charge in [-0.25, -0.2) is 9.97 Å². The van der Waals surface area contributed by atoms with E-state index in [1.165, 1.54) is 5.56 Å². The lowest BCUT2D eigenvalue weighted by molar-refractivity contribution is -0.134. The van der Waals surface area contributed by atoms with Crippen LogP contribution in [0.1, 0.15) is 24.8 Å². The molecule has 6 heteroatoms. The van der Waals surface area contributed by atoms with Gasteiger partial charge < -0.3 is 14.8 Å². The number of amides is 1. The predicted octanol–water partition coefficient (Wildman–Crippen LogP) is 2.77. The molecular weight excluding hydrogens is 338 g/mol. The highest BCUT2D eigenvalue weighted by molar-refractivity contribution is 5.87. The first kappa shape index (κ1) is 16.3. The molecule has 4 heterocycles. The first-order valence-electron chi connectivity index (χ1n) is 9.68. The number of piperazine rings is 1. The number of fused-ring (bicyclic) bond motifs is 3. The van der Waals surface area contributed by atoms with Gasteiger partial charge >= 0.3 is 0 Å². The Bertz CT molecular complexity index is 939. The van der Waals surface area contributed by atoms with Crippen molar-refractivity contribution >= 4 is 22.8 Å². The van der Waals surface area contributed by atoms with E-state index in [1.807, 2.05) is 30.5 Å². The molecule has 2 bridgehead atoms. The standard InChI is InChI=1S/C21H23N5O/c27-19(9-6-15-4-2-1-3-5-15)26-16-7-8-17(26)13-25(12-16)21-18-10-11-22-20(18)23-14-24-21/h1-5,10-11,14,16-17H,6-9,12-13H2,(H,22,23,24)/t16-,17-/m1/s1. The Balaban J connectivity index is 1.30. The summed E-state index contributed by atoms with van der Waals surface area (Å²) in [5.41, 5.74) is 2.10. The van der Waals surface area contributed by atoms with Crippen LogP contribution in [-0.4, -0.2) is 50.9 Å². The number of aromatic amines is 1. The van der Waals surface area contributed by atoms with Crippen molar-refractivity contribution in [3.63, 3.8) is 0 Å². The molecule has 138 valence electrons. The van der Waals surface area contributed by atoms with Gasteiger partial charge in [-0.15, -0.1) is 0 Å². The summed E-state index contributed by atoms with van der Waals surface area (Å²) >= 11 is 0. The van der Waals surface area contributed by atoms with Crippen molar-refractivity contribution in [3.8, 4) is 0 Å². The Hall–Kier alpha value is -2.89. The summed E-state index contributed by atoms with van der Waals surface area (Å²) in [5, 5.41) is 1.06. The Labute approximate surface area is 158 Å². The van der Waals surface area contributed by atoms with Gasteiger partial charge in [0.15, 0.2) is 0 Å². The van der Waals surface area contributed by atoms with Crippen molar-refractivity contribution in [3.05, 3.63) is 54.5 Å². The molecule has 2 atom stereocenters. The minimum atomic E-state index is 0.288. The number of anilines is 1. The highest BCUT2D eigenvalue weighted by Crippen LogP contribution is 2.34. The van der Waals surface area contributed by atoms with E-state index in [2.05, 4.69) is 36.9 Å². The number of aryl methyl sites for hydroxylation is 1. The molecule has 0 aliphatic carbocycles. The van der Waals surface area contributed by atoms with Crippen molar-refractivity contribution in [1.29, 1.82) is 0 Å². The third-order valence-electron chi connectivity index (χ3n) is 5.87. The molecule has 3 aromatic rings. The van der Waals surface area contributed by atoms with E-state index >= 15 is 0 Å². The van der Waals surface area contributed by atoms with Crippen molar-refractivity contribution < 1.29 is 4.79 Å². The summed E-state index contributed by atoms with van der Waals surface area (Å²) in [6.07, 6.45) is 7.09. The summed E-state index contributed by atoms with van der Waals surface area (Å²) in [6.45, 7) is 1.70. The fourth-order valence-corrected chi connectivity index (χ4v) is 4.62. The number of aromatic nitrogens is 3. The van der Waals surface area contributed by atoms with Crippen LogP contribution in [0, 0.1) is 0 Å². The van der Waals surface area contributed by atoms with E-state index < -0.39 is 0 Å². The van der Waals surface area contributed by atoms with Crippen LogP contribution in [0.5, 0.6) is 0 Å². The van der Waals surface area contributed by atoms with Crippen LogP contribution >= 0.6 is 0 Å². The van der Waals surface area contributed by atoms with Gasteiger partial charge in [-0.2, -0.15) is 0 Å². The molecule has 2 aromatic heterocycles. The molecule has 0 saturated carbocycles. The lowest BCUT2D eigenvalue weighted by Crippen LogP contribution is -2.56. The van der Waals surface area contributed by atoms with Crippen LogP contribution in [0.2, 0.25) is 0 Å².